The number of halogens is 3. The van der Waals surface area contributed by atoms with Crippen LogP contribution in [-0.2, 0) is 41.7 Å². The lowest BCUT2D eigenvalue weighted by Crippen LogP contribution is -2.46. The van der Waals surface area contributed by atoms with E-state index in [0.29, 0.717) is 29.8 Å². The van der Waals surface area contributed by atoms with Crippen LogP contribution in [0.2, 0.25) is 0 Å². The fraction of sp³-hybridized carbons (Fsp3) is 0.483. The summed E-state index contributed by atoms with van der Waals surface area (Å²) in [6.07, 6.45) is 1.32. The van der Waals surface area contributed by atoms with Crippen LogP contribution in [0.25, 0.3) is 0 Å². The summed E-state index contributed by atoms with van der Waals surface area (Å²) in [6.45, 7) is -0.242. The Bertz CT molecular complexity index is 1320. The zero-order valence-electron chi connectivity index (χ0n) is 22.4. The van der Waals surface area contributed by atoms with E-state index in [9.17, 15) is 22.8 Å². The lowest BCUT2D eigenvalue weighted by atomic mass is 9.95. The van der Waals surface area contributed by atoms with Gasteiger partial charge in [0.1, 0.15) is 18.3 Å². The third kappa shape index (κ3) is 6.19. The fourth-order valence-electron chi connectivity index (χ4n) is 5.75. The molecule has 1 aromatic carbocycles. The quantitative estimate of drug-likeness (QED) is 0.357. The third-order valence-electron chi connectivity index (χ3n) is 7.73. The average Bonchev–Trinajstić information content (AvgIpc) is 3.71. The molecule has 3 aromatic rings. The van der Waals surface area contributed by atoms with Crippen LogP contribution in [0.5, 0.6) is 5.75 Å². The highest BCUT2D eigenvalue weighted by Gasteiger charge is 2.40. The first-order chi connectivity index (χ1) is 19.2. The van der Waals surface area contributed by atoms with Gasteiger partial charge in [-0.15, -0.1) is 11.3 Å². The molecule has 2 heterocycles. The Morgan fingerprint density at radius 2 is 1.85 bits per heavy atom. The molecule has 1 fully saturated rings. The summed E-state index contributed by atoms with van der Waals surface area (Å²) in [5.74, 6) is -0.168. The molecule has 2 aromatic heterocycles. The molecule has 0 radical (unpaired) electrons. The standard InChI is InChI=1S/C29H33F3N4O3S/c1-39-21-14-12-19(13-15-21)26(28(38)33-20-7-2-3-8-20)35(17-22-9-6-16-40-22)25(37)18-36-24-11-5-4-10-23(24)27(34-36)29(30,31)32/h6,9,12-16,20,26H,2-5,7-8,10-11,17-18H2,1H3,(H,33,38)/t26-/m0/s1. The van der Waals surface area contributed by atoms with E-state index in [-0.39, 0.29) is 37.0 Å². The van der Waals surface area contributed by atoms with E-state index in [0.717, 1.165) is 37.0 Å². The van der Waals surface area contributed by atoms with Crippen molar-refractivity contribution in [3.8, 4) is 5.75 Å². The first-order valence-corrected chi connectivity index (χ1v) is 14.5. The monoisotopic (exact) mass is 574 g/mol. The summed E-state index contributed by atoms with van der Waals surface area (Å²) in [4.78, 5) is 30.2. The van der Waals surface area contributed by atoms with Crippen molar-refractivity contribution in [1.29, 1.82) is 0 Å². The molecule has 0 unspecified atom stereocenters. The van der Waals surface area contributed by atoms with Gasteiger partial charge < -0.3 is 15.0 Å². The van der Waals surface area contributed by atoms with Crippen molar-refractivity contribution in [3.63, 3.8) is 0 Å². The SMILES string of the molecule is COc1ccc([C@@H](C(=O)NC2CCCC2)N(Cc2cccs2)C(=O)Cn2nc(C(F)(F)F)c3c2CCCC3)cc1. The number of alkyl halides is 3. The summed E-state index contributed by atoms with van der Waals surface area (Å²) < 4.78 is 47.9. The van der Waals surface area contributed by atoms with Crippen LogP contribution < -0.4 is 10.1 Å². The minimum absolute atomic E-state index is 0.0272. The first kappa shape index (κ1) is 28.2. The molecule has 1 N–H and O–H groups in total. The molecule has 2 aliphatic carbocycles. The number of carbonyl (C=O) groups excluding carboxylic acids is 2. The van der Waals surface area contributed by atoms with Gasteiger partial charge in [-0.1, -0.05) is 31.0 Å². The smallest absolute Gasteiger partial charge is 0.435 e. The minimum Gasteiger partial charge on any atom is -0.497 e. The molecule has 40 heavy (non-hydrogen) atoms. The van der Waals surface area contributed by atoms with Crippen molar-refractivity contribution in [2.45, 2.75) is 82.7 Å². The number of rotatable bonds is 9. The van der Waals surface area contributed by atoms with Crippen molar-refractivity contribution < 1.29 is 27.5 Å². The average molecular weight is 575 g/mol. The number of aromatic nitrogens is 2. The highest BCUT2D eigenvalue weighted by molar-refractivity contribution is 7.09. The van der Waals surface area contributed by atoms with E-state index >= 15 is 0 Å². The van der Waals surface area contributed by atoms with Crippen LogP contribution in [0, 0.1) is 0 Å². The number of hydrogen-bond donors (Lipinski definition) is 1. The van der Waals surface area contributed by atoms with Gasteiger partial charge >= 0.3 is 6.18 Å². The van der Waals surface area contributed by atoms with Crippen molar-refractivity contribution in [2.24, 2.45) is 0 Å². The lowest BCUT2D eigenvalue weighted by Gasteiger charge is -2.32. The van der Waals surface area contributed by atoms with Gasteiger partial charge in [-0.3, -0.25) is 14.3 Å². The molecule has 214 valence electrons. The second kappa shape index (κ2) is 12.0. The molecule has 2 aliphatic rings. The van der Waals surface area contributed by atoms with Gasteiger partial charge in [0.05, 0.1) is 13.7 Å². The number of carbonyl (C=O) groups is 2. The number of benzene rings is 1. The van der Waals surface area contributed by atoms with Gasteiger partial charge in [-0.25, -0.2) is 0 Å². The van der Waals surface area contributed by atoms with Gasteiger partial charge in [-0.05, 0) is 67.7 Å². The summed E-state index contributed by atoms with van der Waals surface area (Å²) in [7, 11) is 1.55. The Morgan fingerprint density at radius 3 is 2.50 bits per heavy atom. The van der Waals surface area contributed by atoms with Crippen molar-refractivity contribution in [3.05, 3.63) is 69.2 Å². The Balaban J connectivity index is 1.52. The molecule has 5 rings (SSSR count). The van der Waals surface area contributed by atoms with Gasteiger partial charge in [0.15, 0.2) is 5.69 Å². The van der Waals surface area contributed by atoms with Crippen LogP contribution in [0.1, 0.15) is 72.0 Å². The molecular formula is C29H33F3N4O3S. The molecule has 1 saturated carbocycles. The van der Waals surface area contributed by atoms with Crippen molar-refractivity contribution >= 4 is 23.2 Å². The largest absolute Gasteiger partial charge is 0.497 e. The van der Waals surface area contributed by atoms with Gasteiger partial charge in [0.25, 0.3) is 0 Å². The zero-order valence-corrected chi connectivity index (χ0v) is 23.2. The summed E-state index contributed by atoms with van der Waals surface area (Å²) in [5, 5.41) is 8.91. The fourth-order valence-corrected chi connectivity index (χ4v) is 6.45. The molecule has 1 atom stereocenters. The second-order valence-corrected chi connectivity index (χ2v) is 11.4. The number of hydrogen-bond acceptors (Lipinski definition) is 5. The maximum absolute atomic E-state index is 14.0. The minimum atomic E-state index is -4.60. The van der Waals surface area contributed by atoms with E-state index in [1.165, 1.54) is 20.9 Å². The third-order valence-corrected chi connectivity index (χ3v) is 8.59. The first-order valence-electron chi connectivity index (χ1n) is 13.7. The molecule has 0 saturated heterocycles. The normalized spacial score (nSPS) is 16.4. The number of nitrogens with zero attached hydrogens (tertiary/aromatic N) is 3. The van der Waals surface area contributed by atoms with E-state index in [2.05, 4.69) is 10.4 Å². The number of amides is 2. The Morgan fingerprint density at radius 1 is 1.12 bits per heavy atom. The second-order valence-electron chi connectivity index (χ2n) is 10.4. The Labute approximate surface area is 235 Å². The molecule has 0 spiro atoms. The highest BCUT2D eigenvalue weighted by Crippen LogP contribution is 2.36. The Kier molecular flexibility index (Phi) is 8.48. The predicted octanol–water partition coefficient (Wildman–Crippen LogP) is 5.68. The maximum Gasteiger partial charge on any atom is 0.435 e. The van der Waals surface area contributed by atoms with E-state index in [1.807, 2.05) is 17.5 Å². The highest BCUT2D eigenvalue weighted by atomic mass is 32.1. The van der Waals surface area contributed by atoms with Gasteiger partial charge in [0.2, 0.25) is 11.8 Å². The molecule has 0 aliphatic heterocycles. The Hall–Kier alpha value is -3.34. The summed E-state index contributed by atoms with van der Waals surface area (Å²) >= 11 is 1.45. The number of nitrogens with one attached hydrogen (secondary N) is 1. The molecular weight excluding hydrogens is 541 g/mol. The van der Waals surface area contributed by atoms with E-state index < -0.39 is 23.8 Å². The molecule has 11 heteroatoms. The van der Waals surface area contributed by atoms with Crippen LogP contribution in [0.15, 0.2) is 41.8 Å². The van der Waals surface area contributed by atoms with Gasteiger partial charge in [0, 0.05) is 22.2 Å². The summed E-state index contributed by atoms with van der Waals surface area (Å²) in [6, 6.07) is 9.77. The maximum atomic E-state index is 14.0. The van der Waals surface area contributed by atoms with Crippen LogP contribution in [0.3, 0.4) is 0 Å². The number of methoxy groups -OCH3 is 1. The lowest BCUT2D eigenvalue weighted by molar-refractivity contribution is -0.144. The predicted molar refractivity (Wildman–Crippen MR) is 145 cm³/mol. The van der Waals surface area contributed by atoms with Gasteiger partial charge in [-0.2, -0.15) is 18.3 Å². The number of ether oxygens (including phenoxy) is 1. The van der Waals surface area contributed by atoms with Crippen LogP contribution in [0.4, 0.5) is 13.2 Å². The zero-order chi connectivity index (χ0) is 28.3. The van der Waals surface area contributed by atoms with E-state index in [1.54, 1.807) is 31.4 Å². The topological polar surface area (TPSA) is 76.5 Å². The molecule has 2 amide bonds. The summed E-state index contributed by atoms with van der Waals surface area (Å²) in [5.41, 5.74) is 0.326. The molecule has 7 nitrogen and oxygen atoms in total. The number of thiophene rings is 1. The molecule has 0 bridgehead atoms. The van der Waals surface area contributed by atoms with Crippen molar-refractivity contribution in [1.82, 2.24) is 20.0 Å². The van der Waals surface area contributed by atoms with Crippen molar-refractivity contribution in [2.75, 3.05) is 7.11 Å². The van der Waals surface area contributed by atoms with Crippen LogP contribution in [-0.4, -0.2) is 39.6 Å². The number of fused-ring (bicyclic) bond motifs is 1. The van der Waals surface area contributed by atoms with Crippen LogP contribution >= 0.6 is 11.3 Å². The van der Waals surface area contributed by atoms with E-state index in [4.69, 9.17) is 4.74 Å².